The van der Waals surface area contributed by atoms with Crippen LogP contribution in [0, 0.1) is 5.92 Å². The number of rotatable bonds is 8. The van der Waals surface area contributed by atoms with Crippen LogP contribution < -0.4 is 19.7 Å². The summed E-state index contributed by atoms with van der Waals surface area (Å²) in [4.78, 5) is 14.6. The van der Waals surface area contributed by atoms with Crippen molar-refractivity contribution in [2.45, 2.75) is 38.8 Å². The first kappa shape index (κ1) is 20.3. The quantitative estimate of drug-likeness (QED) is 0.656. The van der Waals surface area contributed by atoms with Crippen LogP contribution in [0.1, 0.15) is 38.3 Å². The molecule has 4 rings (SSSR count). The van der Waals surface area contributed by atoms with E-state index in [2.05, 4.69) is 34.5 Å². The van der Waals surface area contributed by atoms with E-state index in [1.807, 2.05) is 50.2 Å². The van der Waals surface area contributed by atoms with Gasteiger partial charge in [0.2, 0.25) is 5.91 Å². The molecule has 2 aromatic carbocycles. The molecule has 1 saturated heterocycles. The molecule has 0 unspecified atom stereocenters. The van der Waals surface area contributed by atoms with Gasteiger partial charge in [-0.25, -0.2) is 0 Å². The van der Waals surface area contributed by atoms with Crippen molar-refractivity contribution in [1.29, 1.82) is 0 Å². The van der Waals surface area contributed by atoms with Crippen molar-refractivity contribution < 1.29 is 14.3 Å². The highest BCUT2D eigenvalue weighted by atomic mass is 16.5. The van der Waals surface area contributed by atoms with E-state index >= 15 is 0 Å². The largest absolute Gasteiger partial charge is 0.494 e. The maximum Gasteiger partial charge on any atom is 0.224 e. The molecule has 0 aromatic heterocycles. The van der Waals surface area contributed by atoms with Gasteiger partial charge in [0.1, 0.15) is 17.6 Å². The Kier molecular flexibility index (Phi) is 6.26. The maximum absolute atomic E-state index is 12.3. The van der Waals surface area contributed by atoms with E-state index in [1.165, 1.54) is 5.69 Å². The number of nitrogens with zero attached hydrogens (tertiary/aromatic N) is 1. The van der Waals surface area contributed by atoms with Gasteiger partial charge in [0.05, 0.1) is 25.7 Å². The lowest BCUT2D eigenvalue weighted by molar-refractivity contribution is -0.125. The Morgan fingerprint density at radius 1 is 1.03 bits per heavy atom. The Bertz CT molecular complexity index is 862. The SMILES string of the molecule is CCOc1ccc(N2CC(Oc3ccc([C@H](C)NC(=O)C4CC=CC4)cc3)C2)cc1. The van der Waals surface area contributed by atoms with Gasteiger partial charge in [-0.05, 0) is 68.7 Å². The second-order valence-electron chi connectivity index (χ2n) is 8.01. The van der Waals surface area contributed by atoms with Crippen molar-refractivity contribution in [3.05, 3.63) is 66.2 Å². The summed E-state index contributed by atoms with van der Waals surface area (Å²) in [6, 6.07) is 16.3. The Morgan fingerprint density at radius 3 is 2.30 bits per heavy atom. The molecular formula is C25H30N2O3. The molecule has 30 heavy (non-hydrogen) atoms. The lowest BCUT2D eigenvalue weighted by atomic mass is 10.0. The van der Waals surface area contributed by atoms with E-state index in [4.69, 9.17) is 9.47 Å². The lowest BCUT2D eigenvalue weighted by Crippen LogP contribution is -2.54. The average Bonchev–Trinajstić information content (AvgIpc) is 3.27. The van der Waals surface area contributed by atoms with Gasteiger partial charge in [0, 0.05) is 11.6 Å². The van der Waals surface area contributed by atoms with Gasteiger partial charge < -0.3 is 19.7 Å². The van der Waals surface area contributed by atoms with E-state index in [1.54, 1.807) is 0 Å². The van der Waals surface area contributed by atoms with E-state index in [0.717, 1.165) is 43.0 Å². The fraction of sp³-hybridized carbons (Fsp3) is 0.400. The van der Waals surface area contributed by atoms with E-state index < -0.39 is 0 Å². The van der Waals surface area contributed by atoms with Crippen LogP contribution in [-0.2, 0) is 4.79 Å². The summed E-state index contributed by atoms with van der Waals surface area (Å²) in [5, 5.41) is 3.12. The smallest absolute Gasteiger partial charge is 0.224 e. The molecule has 1 aliphatic heterocycles. The third-order valence-electron chi connectivity index (χ3n) is 5.78. The number of allylic oxidation sites excluding steroid dienone is 2. The summed E-state index contributed by atoms with van der Waals surface area (Å²) >= 11 is 0. The van der Waals surface area contributed by atoms with Gasteiger partial charge in [-0.2, -0.15) is 0 Å². The summed E-state index contributed by atoms with van der Waals surface area (Å²) in [5.74, 6) is 2.00. The van der Waals surface area contributed by atoms with Gasteiger partial charge in [-0.15, -0.1) is 0 Å². The third-order valence-corrected chi connectivity index (χ3v) is 5.78. The van der Waals surface area contributed by atoms with Crippen LogP contribution in [-0.4, -0.2) is 31.7 Å². The average molecular weight is 407 g/mol. The Hall–Kier alpha value is -2.95. The van der Waals surface area contributed by atoms with Crippen molar-refractivity contribution >= 4 is 11.6 Å². The molecule has 5 heteroatoms. The molecule has 1 aliphatic carbocycles. The summed E-state index contributed by atoms with van der Waals surface area (Å²) in [6.07, 6.45) is 6.05. The van der Waals surface area contributed by atoms with E-state index in [9.17, 15) is 4.79 Å². The highest BCUT2D eigenvalue weighted by molar-refractivity contribution is 5.79. The fourth-order valence-corrected chi connectivity index (χ4v) is 3.92. The highest BCUT2D eigenvalue weighted by Crippen LogP contribution is 2.27. The molecular weight excluding hydrogens is 376 g/mol. The molecule has 0 spiro atoms. The first-order valence-electron chi connectivity index (χ1n) is 10.8. The first-order valence-corrected chi connectivity index (χ1v) is 10.8. The molecule has 5 nitrogen and oxygen atoms in total. The van der Waals surface area contributed by atoms with Gasteiger partial charge in [-0.1, -0.05) is 24.3 Å². The third kappa shape index (κ3) is 4.78. The van der Waals surface area contributed by atoms with Gasteiger partial charge >= 0.3 is 0 Å². The van der Waals surface area contributed by atoms with Crippen LogP contribution in [0.2, 0.25) is 0 Å². The number of nitrogens with one attached hydrogen (secondary N) is 1. The molecule has 1 fully saturated rings. The lowest BCUT2D eigenvalue weighted by Gasteiger charge is -2.40. The van der Waals surface area contributed by atoms with Gasteiger partial charge in [-0.3, -0.25) is 4.79 Å². The number of carbonyl (C=O) groups is 1. The number of ether oxygens (including phenoxy) is 2. The molecule has 0 saturated carbocycles. The Labute approximate surface area is 178 Å². The molecule has 1 amide bonds. The highest BCUT2D eigenvalue weighted by Gasteiger charge is 2.28. The Morgan fingerprint density at radius 2 is 1.67 bits per heavy atom. The van der Waals surface area contributed by atoms with Crippen LogP contribution in [0.15, 0.2) is 60.7 Å². The van der Waals surface area contributed by atoms with Gasteiger partial charge in [0.25, 0.3) is 0 Å². The van der Waals surface area contributed by atoms with Crippen molar-refractivity contribution in [1.82, 2.24) is 5.32 Å². The minimum Gasteiger partial charge on any atom is -0.494 e. The molecule has 0 radical (unpaired) electrons. The van der Waals surface area contributed by atoms with Crippen LogP contribution in [0.4, 0.5) is 5.69 Å². The van der Waals surface area contributed by atoms with E-state index in [0.29, 0.717) is 6.61 Å². The number of carbonyl (C=O) groups excluding carboxylic acids is 1. The number of hydrogen-bond acceptors (Lipinski definition) is 4. The fourth-order valence-electron chi connectivity index (χ4n) is 3.92. The van der Waals surface area contributed by atoms with E-state index in [-0.39, 0.29) is 24.0 Å². The molecule has 1 N–H and O–H groups in total. The normalized spacial score (nSPS) is 17.5. The second-order valence-corrected chi connectivity index (χ2v) is 8.01. The molecule has 1 atom stereocenters. The predicted molar refractivity (Wildman–Crippen MR) is 119 cm³/mol. The molecule has 0 bridgehead atoms. The summed E-state index contributed by atoms with van der Waals surface area (Å²) in [6.45, 7) is 6.44. The zero-order valence-electron chi connectivity index (χ0n) is 17.7. The van der Waals surface area contributed by atoms with Crippen LogP contribution in [0.5, 0.6) is 11.5 Å². The van der Waals surface area contributed by atoms with Crippen molar-refractivity contribution in [2.75, 3.05) is 24.6 Å². The zero-order chi connectivity index (χ0) is 20.9. The van der Waals surface area contributed by atoms with Gasteiger partial charge in [0.15, 0.2) is 0 Å². The number of hydrogen-bond donors (Lipinski definition) is 1. The van der Waals surface area contributed by atoms with Crippen molar-refractivity contribution in [2.24, 2.45) is 5.92 Å². The second kappa shape index (κ2) is 9.24. The standard InChI is InChI=1S/C25H30N2O3/c1-3-29-22-14-10-21(11-15-22)27-16-24(17-27)30-23-12-8-19(9-13-23)18(2)26-25(28)20-6-4-5-7-20/h4-5,8-15,18,20,24H,3,6-7,16-17H2,1-2H3,(H,26,28)/t18-/m0/s1. The monoisotopic (exact) mass is 406 g/mol. The molecule has 1 heterocycles. The minimum absolute atomic E-state index is 0.00833. The van der Waals surface area contributed by atoms with Crippen molar-refractivity contribution in [3.8, 4) is 11.5 Å². The number of anilines is 1. The first-order chi connectivity index (χ1) is 14.6. The number of amides is 1. The molecule has 158 valence electrons. The topological polar surface area (TPSA) is 50.8 Å². The predicted octanol–water partition coefficient (Wildman–Crippen LogP) is 4.50. The van der Waals surface area contributed by atoms with Crippen LogP contribution >= 0.6 is 0 Å². The molecule has 2 aliphatic rings. The minimum atomic E-state index is -0.00833. The molecule has 2 aromatic rings. The summed E-state index contributed by atoms with van der Waals surface area (Å²) in [7, 11) is 0. The summed E-state index contributed by atoms with van der Waals surface area (Å²) in [5.41, 5.74) is 2.28. The number of benzene rings is 2. The summed E-state index contributed by atoms with van der Waals surface area (Å²) < 4.78 is 11.6. The zero-order valence-corrected chi connectivity index (χ0v) is 17.7. The van der Waals surface area contributed by atoms with Crippen LogP contribution in [0.25, 0.3) is 0 Å². The maximum atomic E-state index is 12.3. The Balaban J connectivity index is 1.24. The van der Waals surface area contributed by atoms with Crippen LogP contribution in [0.3, 0.4) is 0 Å². The van der Waals surface area contributed by atoms with Crippen molar-refractivity contribution in [3.63, 3.8) is 0 Å².